The van der Waals surface area contributed by atoms with E-state index in [4.69, 9.17) is 9.73 Å². The molecule has 40 heavy (non-hydrogen) atoms. The van der Waals surface area contributed by atoms with Gasteiger partial charge in [0.1, 0.15) is 6.04 Å². The number of nitrogens with one attached hydrogen (secondary N) is 1. The zero-order valence-corrected chi connectivity index (χ0v) is 22.2. The van der Waals surface area contributed by atoms with Crippen LogP contribution in [0.15, 0.2) is 89.9 Å². The van der Waals surface area contributed by atoms with Gasteiger partial charge in [0.2, 0.25) is 11.9 Å². The SMILES string of the molecule is CCOC(=O)C1C(=O)NC(N2CCN(C(c3ccccc3)c3ccccc3)CC2)=NC1c1ccc([N+](=O)[O-])cc1. The largest absolute Gasteiger partial charge is 0.465 e. The first-order valence-corrected chi connectivity index (χ1v) is 13.3. The van der Waals surface area contributed by atoms with Gasteiger partial charge in [-0.2, -0.15) is 0 Å². The first-order chi connectivity index (χ1) is 19.5. The third-order valence-electron chi connectivity index (χ3n) is 7.29. The highest BCUT2D eigenvalue weighted by Gasteiger charge is 2.42. The van der Waals surface area contributed by atoms with Gasteiger partial charge in [0.15, 0.2) is 5.92 Å². The number of piperazine rings is 1. The van der Waals surface area contributed by atoms with E-state index < -0.39 is 28.8 Å². The van der Waals surface area contributed by atoms with Crippen LogP contribution in [0, 0.1) is 16.0 Å². The Kier molecular flexibility index (Phi) is 8.16. The lowest BCUT2D eigenvalue weighted by atomic mass is 9.91. The lowest BCUT2D eigenvalue weighted by Gasteiger charge is -2.42. The number of esters is 1. The highest BCUT2D eigenvalue weighted by molar-refractivity contribution is 6.08. The predicted molar refractivity (Wildman–Crippen MR) is 149 cm³/mol. The molecule has 5 rings (SSSR count). The van der Waals surface area contributed by atoms with Gasteiger partial charge in [0.05, 0.1) is 17.6 Å². The molecule has 2 unspecified atom stereocenters. The maximum absolute atomic E-state index is 13.2. The van der Waals surface area contributed by atoms with Crippen LogP contribution in [-0.2, 0) is 14.3 Å². The van der Waals surface area contributed by atoms with Crippen LogP contribution in [0.4, 0.5) is 5.69 Å². The molecule has 0 saturated carbocycles. The number of hydrogen-bond donors (Lipinski definition) is 1. The number of ether oxygens (including phenoxy) is 1. The molecule has 1 N–H and O–H groups in total. The van der Waals surface area contributed by atoms with Crippen molar-refractivity contribution in [2.45, 2.75) is 19.0 Å². The zero-order chi connectivity index (χ0) is 28.1. The molecule has 0 aliphatic carbocycles. The molecular weight excluding hydrogens is 510 g/mol. The molecule has 206 valence electrons. The van der Waals surface area contributed by atoms with Crippen molar-refractivity contribution in [3.8, 4) is 0 Å². The third-order valence-corrected chi connectivity index (χ3v) is 7.29. The molecule has 10 heteroatoms. The summed E-state index contributed by atoms with van der Waals surface area (Å²) in [4.78, 5) is 45.9. The van der Waals surface area contributed by atoms with E-state index in [1.165, 1.54) is 35.4 Å². The molecule has 0 bridgehead atoms. The van der Waals surface area contributed by atoms with Crippen LogP contribution in [0.3, 0.4) is 0 Å². The number of nitro groups is 1. The Labute approximate surface area is 232 Å². The molecule has 0 aromatic heterocycles. The number of non-ortho nitro benzene ring substituents is 1. The van der Waals surface area contributed by atoms with Crippen molar-refractivity contribution in [1.82, 2.24) is 15.1 Å². The van der Waals surface area contributed by atoms with Crippen molar-refractivity contribution in [3.63, 3.8) is 0 Å². The number of nitro benzene ring substituents is 1. The van der Waals surface area contributed by atoms with E-state index in [-0.39, 0.29) is 18.3 Å². The molecule has 3 aromatic rings. The Bertz CT molecular complexity index is 1330. The first kappa shape index (κ1) is 27.0. The molecule has 0 spiro atoms. The van der Waals surface area contributed by atoms with Crippen LogP contribution in [0.1, 0.15) is 35.7 Å². The van der Waals surface area contributed by atoms with Gasteiger partial charge in [-0.25, -0.2) is 4.99 Å². The minimum absolute atomic E-state index is 0.0802. The van der Waals surface area contributed by atoms with E-state index in [1.54, 1.807) is 6.92 Å². The fourth-order valence-electron chi connectivity index (χ4n) is 5.34. The first-order valence-electron chi connectivity index (χ1n) is 13.3. The Hall–Kier alpha value is -4.57. The summed E-state index contributed by atoms with van der Waals surface area (Å²) in [7, 11) is 0. The molecule has 1 amide bonds. The van der Waals surface area contributed by atoms with Gasteiger partial charge < -0.3 is 9.64 Å². The summed E-state index contributed by atoms with van der Waals surface area (Å²) >= 11 is 0. The van der Waals surface area contributed by atoms with Gasteiger partial charge in [-0.3, -0.25) is 29.9 Å². The number of guanidine groups is 1. The second kappa shape index (κ2) is 12.1. The molecule has 1 saturated heterocycles. The van der Waals surface area contributed by atoms with Crippen molar-refractivity contribution in [1.29, 1.82) is 0 Å². The number of carbonyl (C=O) groups is 2. The molecular formula is C30H31N5O5. The van der Waals surface area contributed by atoms with Crippen LogP contribution in [0.2, 0.25) is 0 Å². The summed E-state index contributed by atoms with van der Waals surface area (Å²) in [5.41, 5.74) is 2.87. The van der Waals surface area contributed by atoms with E-state index in [2.05, 4.69) is 34.5 Å². The number of carbonyl (C=O) groups excluding carboxylic acids is 2. The highest BCUT2D eigenvalue weighted by Crippen LogP contribution is 2.33. The monoisotopic (exact) mass is 541 g/mol. The topological polar surface area (TPSA) is 117 Å². The van der Waals surface area contributed by atoms with Crippen molar-refractivity contribution >= 4 is 23.5 Å². The molecule has 2 aliphatic heterocycles. The lowest BCUT2D eigenvalue weighted by molar-refractivity contribution is -0.384. The van der Waals surface area contributed by atoms with E-state index in [0.29, 0.717) is 24.6 Å². The number of amides is 1. The van der Waals surface area contributed by atoms with Crippen molar-refractivity contribution in [2.75, 3.05) is 32.8 Å². The number of hydrogen-bond acceptors (Lipinski definition) is 8. The van der Waals surface area contributed by atoms with Crippen LogP contribution < -0.4 is 5.32 Å². The maximum atomic E-state index is 13.2. The summed E-state index contributed by atoms with van der Waals surface area (Å²) in [6.07, 6.45) is 0. The smallest absolute Gasteiger partial charge is 0.321 e. The fourth-order valence-corrected chi connectivity index (χ4v) is 5.34. The molecule has 10 nitrogen and oxygen atoms in total. The second-order valence-electron chi connectivity index (χ2n) is 9.71. The van der Waals surface area contributed by atoms with E-state index in [0.717, 1.165) is 13.1 Å². The van der Waals surface area contributed by atoms with Crippen molar-refractivity contribution < 1.29 is 19.2 Å². The van der Waals surface area contributed by atoms with E-state index in [1.807, 2.05) is 41.3 Å². The molecule has 2 aliphatic rings. The van der Waals surface area contributed by atoms with Gasteiger partial charge in [-0.1, -0.05) is 72.8 Å². The van der Waals surface area contributed by atoms with Crippen molar-refractivity contribution in [2.24, 2.45) is 10.9 Å². The lowest BCUT2D eigenvalue weighted by Crippen LogP contribution is -2.57. The summed E-state index contributed by atoms with van der Waals surface area (Å²) in [6, 6.07) is 25.8. The number of nitrogens with zero attached hydrogens (tertiary/aromatic N) is 4. The van der Waals surface area contributed by atoms with Crippen LogP contribution in [0.25, 0.3) is 0 Å². The average molecular weight is 542 g/mol. The van der Waals surface area contributed by atoms with Crippen LogP contribution in [-0.4, -0.2) is 65.3 Å². The second-order valence-corrected chi connectivity index (χ2v) is 9.71. The van der Waals surface area contributed by atoms with E-state index in [9.17, 15) is 19.7 Å². The summed E-state index contributed by atoms with van der Waals surface area (Å²) in [6.45, 7) is 4.49. The van der Waals surface area contributed by atoms with Gasteiger partial charge in [-0.15, -0.1) is 0 Å². The summed E-state index contributed by atoms with van der Waals surface area (Å²) < 4.78 is 5.17. The predicted octanol–water partition coefficient (Wildman–Crippen LogP) is 3.71. The average Bonchev–Trinajstić information content (AvgIpc) is 2.98. The summed E-state index contributed by atoms with van der Waals surface area (Å²) in [5, 5.41) is 14.0. The van der Waals surface area contributed by atoms with Crippen LogP contribution >= 0.6 is 0 Å². The summed E-state index contributed by atoms with van der Waals surface area (Å²) in [5.74, 6) is -1.97. The minimum atomic E-state index is -1.19. The number of benzene rings is 3. The maximum Gasteiger partial charge on any atom is 0.321 e. The Morgan fingerprint density at radius 2 is 1.55 bits per heavy atom. The number of rotatable bonds is 7. The Balaban J connectivity index is 1.39. The normalized spacial score (nSPS) is 19.6. The van der Waals surface area contributed by atoms with Crippen LogP contribution in [0.5, 0.6) is 0 Å². The molecule has 0 radical (unpaired) electrons. The fraction of sp³-hybridized carbons (Fsp3) is 0.300. The Morgan fingerprint density at radius 3 is 2.08 bits per heavy atom. The van der Waals surface area contributed by atoms with Gasteiger partial charge in [0.25, 0.3) is 5.69 Å². The highest BCUT2D eigenvalue weighted by atomic mass is 16.6. The molecule has 3 aromatic carbocycles. The molecule has 2 atom stereocenters. The van der Waals surface area contributed by atoms with Gasteiger partial charge >= 0.3 is 5.97 Å². The minimum Gasteiger partial charge on any atom is -0.465 e. The standard InChI is InChI=1S/C30H31N5O5/c1-2-40-29(37)25-26(21-13-15-24(16-14-21)35(38)39)31-30(32-28(25)36)34-19-17-33(18-20-34)27(22-9-5-3-6-10-22)23-11-7-4-8-12-23/h3-16,25-27H,2,17-20H2,1H3,(H,31,32,36). The third kappa shape index (κ3) is 5.72. The number of aliphatic imine (C=N–C) groups is 1. The molecule has 2 heterocycles. The van der Waals surface area contributed by atoms with Crippen molar-refractivity contribution in [3.05, 3.63) is 112 Å². The molecule has 1 fully saturated rings. The van der Waals surface area contributed by atoms with Gasteiger partial charge in [-0.05, 0) is 23.6 Å². The van der Waals surface area contributed by atoms with E-state index >= 15 is 0 Å². The van der Waals surface area contributed by atoms with Gasteiger partial charge in [0, 0.05) is 38.3 Å². The quantitative estimate of drug-likeness (QED) is 0.210. The Morgan fingerprint density at radius 1 is 0.975 bits per heavy atom. The zero-order valence-electron chi connectivity index (χ0n) is 22.2.